The molecule has 2 aliphatic rings. The molecule has 0 radical (unpaired) electrons. The van der Waals surface area contributed by atoms with Gasteiger partial charge in [-0.3, -0.25) is 14.7 Å². The molecule has 0 atom stereocenters. The Balaban J connectivity index is 0.000000168. The summed E-state index contributed by atoms with van der Waals surface area (Å²) in [6, 6.07) is 11.1. The molecule has 2 aliphatic heterocycles. The van der Waals surface area contributed by atoms with Gasteiger partial charge in [0.2, 0.25) is 0 Å². The van der Waals surface area contributed by atoms with E-state index in [0.29, 0.717) is 12.8 Å². The molecule has 5 N–H and O–H groups in total. The van der Waals surface area contributed by atoms with Gasteiger partial charge in [0.1, 0.15) is 24.6 Å². The molecule has 0 aliphatic carbocycles. The number of aromatic nitrogens is 3. The molecule has 0 bridgehead atoms. The van der Waals surface area contributed by atoms with Crippen LogP contribution >= 0.6 is 11.3 Å². The molecule has 4 aromatic rings. The fourth-order valence-electron chi connectivity index (χ4n) is 4.22. The number of thiazole rings is 1. The largest absolute Gasteiger partial charge is 0.506 e. The number of H-pyrrole nitrogens is 1. The average Bonchev–Trinajstić information content (AvgIpc) is 3.69. The number of aromatic hydroxyl groups is 2. The van der Waals surface area contributed by atoms with Crippen LogP contribution in [-0.4, -0.2) is 67.1 Å². The maximum absolute atomic E-state index is 11.7. The van der Waals surface area contributed by atoms with Gasteiger partial charge in [-0.05, 0) is 41.5 Å². The lowest BCUT2D eigenvalue weighted by molar-refractivity contribution is -0.118. The summed E-state index contributed by atoms with van der Waals surface area (Å²) in [5, 5.41) is 29.4. The third-order valence-corrected chi connectivity index (χ3v) is 9.61. The van der Waals surface area contributed by atoms with Crippen LogP contribution in [0.15, 0.2) is 60.2 Å². The number of phenols is 2. The molecule has 2 saturated heterocycles. The minimum Gasteiger partial charge on any atom is -0.506 e. The number of rotatable bonds is 6. The Morgan fingerprint density at radius 1 is 0.786 bits per heavy atom. The fourth-order valence-corrected chi connectivity index (χ4v) is 7.20. The van der Waals surface area contributed by atoms with E-state index in [2.05, 4.69) is 15.2 Å². The lowest BCUT2D eigenvalue weighted by Gasteiger charge is -2.16. The predicted molar refractivity (Wildman–Crippen MR) is 151 cm³/mol. The van der Waals surface area contributed by atoms with Gasteiger partial charge in [0, 0.05) is 36.3 Å². The molecule has 0 spiro atoms. The van der Waals surface area contributed by atoms with Crippen molar-refractivity contribution in [3.8, 4) is 11.5 Å². The summed E-state index contributed by atoms with van der Waals surface area (Å²) in [5.41, 5.74) is 2.61. The number of phenolic OH excluding ortho intramolecular Hbond substituents is 2. The molecule has 220 valence electrons. The molecular weight excluding hydrogens is 611 g/mol. The molecule has 2 amide bonds. The van der Waals surface area contributed by atoms with Gasteiger partial charge in [0.15, 0.2) is 0 Å². The molecule has 0 saturated carbocycles. The number of carbonyl (C=O) groups is 2. The van der Waals surface area contributed by atoms with Crippen LogP contribution in [0.4, 0.5) is 11.4 Å². The average molecular weight is 634 g/mol. The molecule has 42 heavy (non-hydrogen) atoms. The standard InChI is InChI=1S/C12H12N4O4S.C12H11N3O4S2/c17-11-6-8(5-9-3-4-13-14-9)1-2-10(11)16-7-12(18)15-21(16,19)20;16-10-5-8(6-12-13-3-4-20-12)1-2-9(10)15-7-11(17)14-21(15,18)19/h1-4,6,17H,5,7H2,(H,13,14)(H,15,18);1-5,16H,6-7H2,(H,14,17). The van der Waals surface area contributed by atoms with Crippen LogP contribution < -0.4 is 18.1 Å². The molecule has 6 rings (SSSR count). The Labute approximate surface area is 243 Å². The van der Waals surface area contributed by atoms with E-state index in [1.165, 1.54) is 35.6 Å². The fraction of sp³-hybridized carbons (Fsp3) is 0.167. The summed E-state index contributed by atoms with van der Waals surface area (Å²) in [4.78, 5) is 26.6. The normalized spacial score (nSPS) is 17.0. The highest BCUT2D eigenvalue weighted by Crippen LogP contribution is 2.33. The van der Waals surface area contributed by atoms with Gasteiger partial charge < -0.3 is 10.2 Å². The van der Waals surface area contributed by atoms with E-state index in [4.69, 9.17) is 0 Å². The zero-order chi connectivity index (χ0) is 30.1. The van der Waals surface area contributed by atoms with Crippen molar-refractivity contribution in [3.05, 3.63) is 82.1 Å². The van der Waals surface area contributed by atoms with Crippen molar-refractivity contribution in [1.29, 1.82) is 0 Å². The minimum absolute atomic E-state index is 0.0710. The smallest absolute Gasteiger partial charge is 0.326 e. The Morgan fingerprint density at radius 2 is 1.33 bits per heavy atom. The number of anilines is 2. The molecule has 18 heteroatoms. The number of nitrogens with zero attached hydrogens (tertiary/aromatic N) is 4. The molecule has 2 aromatic carbocycles. The maximum atomic E-state index is 11.7. The van der Waals surface area contributed by atoms with Crippen molar-refractivity contribution in [1.82, 2.24) is 24.6 Å². The third-order valence-electron chi connectivity index (χ3n) is 6.05. The first kappa shape index (κ1) is 28.8. The highest BCUT2D eigenvalue weighted by Gasteiger charge is 2.36. The van der Waals surface area contributed by atoms with E-state index in [1.807, 2.05) is 14.8 Å². The molecule has 2 fully saturated rings. The van der Waals surface area contributed by atoms with E-state index in [-0.39, 0.29) is 36.0 Å². The lowest BCUT2D eigenvalue weighted by Crippen LogP contribution is -2.29. The molecule has 0 unspecified atom stereocenters. The van der Waals surface area contributed by atoms with Gasteiger partial charge in [-0.2, -0.15) is 21.9 Å². The summed E-state index contributed by atoms with van der Waals surface area (Å²) in [7, 11) is -7.83. The molecular formula is C24H23N7O8S3. The van der Waals surface area contributed by atoms with E-state index in [1.54, 1.807) is 30.6 Å². The number of aromatic amines is 1. The van der Waals surface area contributed by atoms with Gasteiger partial charge in [-0.15, -0.1) is 11.3 Å². The van der Waals surface area contributed by atoms with Crippen molar-refractivity contribution in [2.75, 3.05) is 21.7 Å². The van der Waals surface area contributed by atoms with Gasteiger partial charge in [-0.1, -0.05) is 12.1 Å². The number of hydrogen-bond donors (Lipinski definition) is 5. The van der Waals surface area contributed by atoms with E-state index in [9.17, 15) is 36.6 Å². The Morgan fingerprint density at radius 3 is 1.74 bits per heavy atom. The molecule has 15 nitrogen and oxygen atoms in total. The summed E-state index contributed by atoms with van der Waals surface area (Å²) >= 11 is 1.50. The highest BCUT2D eigenvalue weighted by molar-refractivity contribution is 7.92. The summed E-state index contributed by atoms with van der Waals surface area (Å²) < 4.78 is 52.4. The zero-order valence-corrected chi connectivity index (χ0v) is 23.9. The third kappa shape index (κ3) is 6.29. The predicted octanol–water partition coefficient (Wildman–Crippen LogP) is 0.508. The van der Waals surface area contributed by atoms with Crippen molar-refractivity contribution in [3.63, 3.8) is 0 Å². The van der Waals surface area contributed by atoms with Crippen LogP contribution in [0.5, 0.6) is 11.5 Å². The summed E-state index contributed by atoms with van der Waals surface area (Å²) in [6.45, 7) is -0.669. The lowest BCUT2D eigenvalue weighted by atomic mass is 10.1. The van der Waals surface area contributed by atoms with Crippen molar-refractivity contribution in [2.45, 2.75) is 12.8 Å². The van der Waals surface area contributed by atoms with E-state index < -0.39 is 32.2 Å². The zero-order valence-electron chi connectivity index (χ0n) is 21.5. The van der Waals surface area contributed by atoms with Crippen LogP contribution in [0.25, 0.3) is 0 Å². The number of benzene rings is 2. The van der Waals surface area contributed by atoms with Crippen LogP contribution in [0, 0.1) is 0 Å². The van der Waals surface area contributed by atoms with Gasteiger partial charge in [0.25, 0.3) is 11.8 Å². The van der Waals surface area contributed by atoms with Crippen molar-refractivity contribution < 1.29 is 36.6 Å². The number of carbonyl (C=O) groups excluding carboxylic acids is 2. The molecule has 4 heterocycles. The first-order valence-corrected chi connectivity index (χ1v) is 15.8. The van der Waals surface area contributed by atoms with Crippen LogP contribution in [0.3, 0.4) is 0 Å². The maximum Gasteiger partial charge on any atom is 0.326 e. The minimum atomic E-state index is -3.92. The monoisotopic (exact) mass is 633 g/mol. The van der Waals surface area contributed by atoms with Gasteiger partial charge >= 0.3 is 20.4 Å². The second kappa shape index (κ2) is 11.3. The quantitative estimate of drug-likeness (QED) is 0.198. The Bertz CT molecular complexity index is 1710. The van der Waals surface area contributed by atoms with Crippen LogP contribution in [0.1, 0.15) is 21.8 Å². The summed E-state index contributed by atoms with van der Waals surface area (Å²) in [5.74, 6) is -1.64. The van der Waals surface area contributed by atoms with Crippen LogP contribution in [0.2, 0.25) is 0 Å². The van der Waals surface area contributed by atoms with Crippen molar-refractivity contribution in [2.24, 2.45) is 0 Å². The summed E-state index contributed by atoms with van der Waals surface area (Å²) in [6.07, 6.45) is 4.40. The van der Waals surface area contributed by atoms with Crippen molar-refractivity contribution >= 4 is 54.9 Å². The second-order valence-corrected chi connectivity index (χ2v) is 13.3. The van der Waals surface area contributed by atoms with E-state index >= 15 is 0 Å². The van der Waals surface area contributed by atoms with Gasteiger partial charge in [-0.25, -0.2) is 23.0 Å². The second-order valence-electron chi connectivity index (χ2n) is 9.08. The Hall–Kier alpha value is -4.68. The first-order valence-electron chi connectivity index (χ1n) is 12.1. The SMILES string of the molecule is O=C1CN(c2ccc(Cc3ccn[nH]3)cc2O)S(=O)(=O)N1.O=C1CN(c2ccc(Cc3nccs3)cc2O)S(=O)(=O)N1. The first-order chi connectivity index (χ1) is 19.9. The number of amides is 2. The van der Waals surface area contributed by atoms with E-state index in [0.717, 1.165) is 30.4 Å². The Kier molecular flexibility index (Phi) is 7.76. The van der Waals surface area contributed by atoms with Gasteiger partial charge in [0.05, 0.1) is 16.4 Å². The van der Waals surface area contributed by atoms with Crippen LogP contribution in [-0.2, 0) is 42.8 Å². The highest BCUT2D eigenvalue weighted by atomic mass is 32.2. The topological polar surface area (TPSA) is 215 Å². The number of nitrogens with one attached hydrogen (secondary N) is 3. The molecule has 2 aromatic heterocycles. The number of hydrogen-bond acceptors (Lipinski definition) is 11.